The van der Waals surface area contributed by atoms with E-state index in [2.05, 4.69) is 15.0 Å². The van der Waals surface area contributed by atoms with Gasteiger partial charge in [0.25, 0.3) is 11.6 Å². The minimum absolute atomic E-state index is 0.0913. The number of aryl methyl sites for hydroxylation is 1. The van der Waals surface area contributed by atoms with Crippen LogP contribution in [0.1, 0.15) is 16.1 Å². The summed E-state index contributed by atoms with van der Waals surface area (Å²) in [6, 6.07) is 8.16. The van der Waals surface area contributed by atoms with Crippen LogP contribution >= 0.6 is 0 Å². The molecule has 10 heteroatoms. The van der Waals surface area contributed by atoms with E-state index in [1.807, 2.05) is 0 Å². The number of nitrogens with one attached hydrogen (secondary N) is 1. The Labute approximate surface area is 155 Å². The maximum absolute atomic E-state index is 13.3. The summed E-state index contributed by atoms with van der Waals surface area (Å²) >= 11 is 0. The van der Waals surface area contributed by atoms with E-state index in [-0.39, 0.29) is 16.9 Å². The summed E-state index contributed by atoms with van der Waals surface area (Å²) in [5, 5.41) is 13.7. The van der Waals surface area contributed by atoms with Gasteiger partial charge in [0.1, 0.15) is 11.6 Å². The van der Waals surface area contributed by atoms with E-state index in [4.69, 9.17) is 0 Å². The molecule has 0 fully saturated rings. The number of nitrogens with zero attached hydrogens (tertiary/aromatic N) is 2. The minimum Gasteiger partial charge on any atom is -0.433 e. The van der Waals surface area contributed by atoms with Crippen LogP contribution in [0.5, 0.6) is 5.75 Å². The van der Waals surface area contributed by atoms with Gasteiger partial charge in [-0.1, -0.05) is 0 Å². The first kappa shape index (κ1) is 19.1. The molecule has 3 aromatic rings. The predicted molar refractivity (Wildman–Crippen MR) is 94.1 cm³/mol. The number of nitro groups is 1. The van der Waals surface area contributed by atoms with E-state index < -0.39 is 34.7 Å². The van der Waals surface area contributed by atoms with Gasteiger partial charge >= 0.3 is 6.61 Å². The maximum atomic E-state index is 13.3. The van der Waals surface area contributed by atoms with Crippen molar-refractivity contribution in [1.82, 2.24) is 4.98 Å². The second-order valence-electron chi connectivity index (χ2n) is 5.73. The molecule has 1 amide bonds. The largest absolute Gasteiger partial charge is 0.433 e. The lowest BCUT2D eigenvalue weighted by Gasteiger charge is -2.13. The van der Waals surface area contributed by atoms with Gasteiger partial charge in [0.2, 0.25) is 0 Å². The van der Waals surface area contributed by atoms with E-state index >= 15 is 0 Å². The molecule has 2 aromatic carbocycles. The van der Waals surface area contributed by atoms with E-state index in [1.165, 1.54) is 31.2 Å². The molecule has 0 unspecified atom stereocenters. The second-order valence-corrected chi connectivity index (χ2v) is 5.73. The third kappa shape index (κ3) is 4.00. The number of amides is 1. The lowest BCUT2D eigenvalue weighted by atomic mass is 10.1. The fraction of sp³-hybridized carbons (Fsp3) is 0.111. The number of rotatable bonds is 5. The first-order valence-corrected chi connectivity index (χ1v) is 7.86. The molecule has 0 aliphatic rings. The average molecular weight is 391 g/mol. The highest BCUT2D eigenvalue weighted by Gasteiger charge is 2.19. The fourth-order valence-corrected chi connectivity index (χ4v) is 2.58. The topological polar surface area (TPSA) is 94.4 Å². The number of alkyl halides is 2. The molecule has 0 spiro atoms. The Morgan fingerprint density at radius 1 is 1.21 bits per heavy atom. The molecule has 0 atom stereocenters. The Morgan fingerprint density at radius 2 is 1.96 bits per heavy atom. The standard InChI is InChI=1S/C18H12F3N3O4/c1-9-13(6-10-2-3-11(19)7-14(10)22-9)17(25)23-15-8-12(24(26)27)4-5-16(15)28-18(20)21/h2-8,18H,1H3,(H,23,25). The summed E-state index contributed by atoms with van der Waals surface area (Å²) in [5.41, 5.74) is -0.0176. The molecule has 0 bridgehead atoms. The molecule has 1 N–H and O–H groups in total. The lowest BCUT2D eigenvalue weighted by Crippen LogP contribution is -2.16. The summed E-state index contributed by atoms with van der Waals surface area (Å²) in [4.78, 5) is 27.0. The van der Waals surface area contributed by atoms with Crippen LogP contribution in [0.25, 0.3) is 10.9 Å². The van der Waals surface area contributed by atoms with Gasteiger partial charge in [0, 0.05) is 23.6 Å². The molecule has 144 valence electrons. The van der Waals surface area contributed by atoms with Crippen molar-refractivity contribution in [2.45, 2.75) is 13.5 Å². The van der Waals surface area contributed by atoms with Gasteiger partial charge in [-0.2, -0.15) is 8.78 Å². The number of hydrogen-bond acceptors (Lipinski definition) is 5. The van der Waals surface area contributed by atoms with Crippen LogP contribution in [0, 0.1) is 22.9 Å². The Hall–Kier alpha value is -3.69. The van der Waals surface area contributed by atoms with Crippen molar-refractivity contribution in [2.24, 2.45) is 0 Å². The summed E-state index contributed by atoms with van der Waals surface area (Å²) < 4.78 is 42.8. The third-order valence-corrected chi connectivity index (χ3v) is 3.85. The Balaban J connectivity index is 1.99. The van der Waals surface area contributed by atoms with Gasteiger partial charge < -0.3 is 10.1 Å². The predicted octanol–water partition coefficient (Wildman–Crippen LogP) is 4.44. The van der Waals surface area contributed by atoms with Crippen LogP contribution in [-0.2, 0) is 0 Å². The minimum atomic E-state index is -3.18. The number of benzene rings is 2. The van der Waals surface area contributed by atoms with Gasteiger partial charge in [0.15, 0.2) is 0 Å². The number of non-ortho nitro benzene ring substituents is 1. The van der Waals surface area contributed by atoms with Crippen LogP contribution in [-0.4, -0.2) is 22.4 Å². The molecule has 0 aliphatic heterocycles. The first-order valence-electron chi connectivity index (χ1n) is 7.86. The SMILES string of the molecule is Cc1nc2cc(F)ccc2cc1C(=O)Nc1cc([N+](=O)[O-])ccc1OC(F)F. The number of halogens is 3. The zero-order valence-electron chi connectivity index (χ0n) is 14.3. The normalized spacial score (nSPS) is 10.9. The molecule has 0 saturated heterocycles. The van der Waals surface area contributed by atoms with Gasteiger partial charge in [-0.25, -0.2) is 4.39 Å². The van der Waals surface area contributed by atoms with E-state index in [1.54, 1.807) is 0 Å². The number of ether oxygens (including phenoxy) is 1. The highest BCUT2D eigenvalue weighted by atomic mass is 19.3. The van der Waals surface area contributed by atoms with E-state index in [9.17, 15) is 28.1 Å². The van der Waals surface area contributed by atoms with Crippen LogP contribution < -0.4 is 10.1 Å². The summed E-state index contributed by atoms with van der Waals surface area (Å²) in [6.45, 7) is -1.67. The first-order chi connectivity index (χ1) is 13.2. The van der Waals surface area contributed by atoms with Crippen molar-refractivity contribution in [3.8, 4) is 5.75 Å². The fourth-order valence-electron chi connectivity index (χ4n) is 2.58. The van der Waals surface area contributed by atoms with Gasteiger partial charge in [0.05, 0.1) is 27.4 Å². The van der Waals surface area contributed by atoms with Crippen molar-refractivity contribution in [2.75, 3.05) is 5.32 Å². The summed E-state index contributed by atoms with van der Waals surface area (Å²) in [5.74, 6) is -1.65. The van der Waals surface area contributed by atoms with Gasteiger partial charge in [-0.15, -0.1) is 0 Å². The van der Waals surface area contributed by atoms with Gasteiger partial charge in [-0.05, 0) is 31.2 Å². The van der Waals surface area contributed by atoms with Gasteiger partial charge in [-0.3, -0.25) is 19.9 Å². The second kappa shape index (κ2) is 7.51. The average Bonchev–Trinajstić information content (AvgIpc) is 2.61. The van der Waals surface area contributed by atoms with Crippen molar-refractivity contribution >= 4 is 28.2 Å². The van der Waals surface area contributed by atoms with Crippen LogP contribution in [0.3, 0.4) is 0 Å². The summed E-state index contributed by atoms with van der Waals surface area (Å²) in [7, 11) is 0. The number of hydrogen-bond donors (Lipinski definition) is 1. The third-order valence-electron chi connectivity index (χ3n) is 3.85. The highest BCUT2D eigenvalue weighted by Crippen LogP contribution is 2.31. The molecule has 0 radical (unpaired) electrons. The molecule has 3 rings (SSSR count). The van der Waals surface area contributed by atoms with Crippen LogP contribution in [0.4, 0.5) is 24.5 Å². The van der Waals surface area contributed by atoms with Crippen LogP contribution in [0.2, 0.25) is 0 Å². The Morgan fingerprint density at radius 3 is 2.64 bits per heavy atom. The molecule has 0 aliphatic carbocycles. The molecular formula is C18H12F3N3O4. The van der Waals surface area contributed by atoms with E-state index in [0.29, 0.717) is 10.9 Å². The number of carbonyl (C=O) groups is 1. The maximum Gasteiger partial charge on any atom is 0.387 e. The van der Waals surface area contributed by atoms with Crippen molar-refractivity contribution < 1.29 is 27.6 Å². The highest BCUT2D eigenvalue weighted by molar-refractivity contribution is 6.07. The number of nitro benzene ring substituents is 1. The van der Waals surface area contributed by atoms with Crippen molar-refractivity contribution in [3.05, 3.63) is 69.7 Å². The lowest BCUT2D eigenvalue weighted by molar-refractivity contribution is -0.384. The monoisotopic (exact) mass is 391 g/mol. The number of aromatic nitrogens is 1. The Kier molecular flexibility index (Phi) is 5.12. The number of anilines is 1. The molecular weight excluding hydrogens is 379 g/mol. The number of carbonyl (C=O) groups excluding carboxylic acids is 1. The number of pyridine rings is 1. The van der Waals surface area contributed by atoms with Crippen molar-refractivity contribution in [1.29, 1.82) is 0 Å². The quantitative estimate of drug-likeness (QED) is 0.512. The zero-order valence-corrected chi connectivity index (χ0v) is 14.3. The van der Waals surface area contributed by atoms with E-state index in [0.717, 1.165) is 18.2 Å². The number of fused-ring (bicyclic) bond motifs is 1. The molecule has 0 saturated carbocycles. The van der Waals surface area contributed by atoms with Crippen molar-refractivity contribution in [3.63, 3.8) is 0 Å². The Bertz CT molecular complexity index is 1090. The van der Waals surface area contributed by atoms with Crippen LogP contribution in [0.15, 0.2) is 42.5 Å². The molecule has 1 aromatic heterocycles. The smallest absolute Gasteiger partial charge is 0.387 e. The molecule has 1 heterocycles. The summed E-state index contributed by atoms with van der Waals surface area (Å²) in [6.07, 6.45) is 0. The molecule has 28 heavy (non-hydrogen) atoms. The molecule has 7 nitrogen and oxygen atoms in total. The zero-order chi connectivity index (χ0) is 20.4.